The number of aryl methyl sites for hydroxylation is 1. The van der Waals surface area contributed by atoms with E-state index in [1.54, 1.807) is 31.2 Å². The Bertz CT molecular complexity index is 1300. The van der Waals surface area contributed by atoms with Crippen LogP contribution in [-0.2, 0) is 15.6 Å². The highest BCUT2D eigenvalue weighted by Crippen LogP contribution is 2.47. The number of hydrogen-bond acceptors (Lipinski definition) is 7. The van der Waals surface area contributed by atoms with E-state index in [1.165, 1.54) is 12.3 Å². The molecular formula is C22H14F4N4O4. The second-order valence-corrected chi connectivity index (χ2v) is 7.02. The standard InChI is InChI=1S/C22H14F4N4O4/c1-13-8-14(2-4-19(13)32-17-6-7-28-15(9-17)11-27)29-30(12-31)16-3-5-20-18(10-16)21(23,24)34-22(25,26)33-20/h2-10,12,29H,1H3. The number of carbonyl (C=O) groups is 1. The zero-order valence-corrected chi connectivity index (χ0v) is 17.3. The van der Waals surface area contributed by atoms with Crippen LogP contribution < -0.4 is 19.9 Å². The van der Waals surface area contributed by atoms with Crippen LogP contribution in [-0.4, -0.2) is 17.7 Å². The second-order valence-electron chi connectivity index (χ2n) is 7.02. The zero-order chi connectivity index (χ0) is 24.5. The fourth-order valence-corrected chi connectivity index (χ4v) is 3.12. The summed E-state index contributed by atoms with van der Waals surface area (Å²) in [5.41, 5.74) is 2.92. The van der Waals surface area contributed by atoms with E-state index in [0.29, 0.717) is 29.2 Å². The molecule has 1 aromatic heterocycles. The molecule has 1 amide bonds. The van der Waals surface area contributed by atoms with Crippen LogP contribution in [0.1, 0.15) is 16.8 Å². The molecule has 34 heavy (non-hydrogen) atoms. The van der Waals surface area contributed by atoms with Gasteiger partial charge in [0.2, 0.25) is 6.41 Å². The fourth-order valence-electron chi connectivity index (χ4n) is 3.12. The smallest absolute Gasteiger partial charge is 0.457 e. The van der Waals surface area contributed by atoms with E-state index >= 15 is 0 Å². The maximum absolute atomic E-state index is 14.0. The number of nitrogens with one attached hydrogen (secondary N) is 1. The first kappa shape index (κ1) is 22.8. The predicted octanol–water partition coefficient (Wildman–Crippen LogP) is 5.05. The number of hydrogen-bond donors (Lipinski definition) is 1. The largest absolute Gasteiger partial charge is 0.540 e. The summed E-state index contributed by atoms with van der Waals surface area (Å²) in [6, 6.07) is 12.6. The lowest BCUT2D eigenvalue weighted by Gasteiger charge is -2.31. The van der Waals surface area contributed by atoms with Crippen molar-refractivity contribution >= 4 is 17.8 Å². The summed E-state index contributed by atoms with van der Waals surface area (Å²) in [5, 5.41) is 9.81. The minimum Gasteiger partial charge on any atom is -0.457 e. The van der Waals surface area contributed by atoms with Crippen molar-refractivity contribution in [3.8, 4) is 23.3 Å². The Balaban J connectivity index is 1.55. The molecule has 0 fully saturated rings. The molecule has 0 saturated carbocycles. The summed E-state index contributed by atoms with van der Waals surface area (Å²) in [7, 11) is 0. The summed E-state index contributed by atoms with van der Waals surface area (Å²) < 4.78 is 67.8. The third-order valence-corrected chi connectivity index (χ3v) is 4.63. The van der Waals surface area contributed by atoms with Gasteiger partial charge in [-0.2, -0.15) is 14.0 Å². The first-order valence-corrected chi connectivity index (χ1v) is 9.55. The van der Waals surface area contributed by atoms with Gasteiger partial charge in [-0.3, -0.25) is 10.2 Å². The SMILES string of the molecule is Cc1cc(NN(C=O)c2ccc3c(c2)C(F)(F)OC(F)(F)O3)ccc1Oc1ccnc(C#N)c1. The number of hydrazine groups is 1. The predicted molar refractivity (Wildman–Crippen MR) is 109 cm³/mol. The first-order chi connectivity index (χ1) is 16.1. The number of amides is 1. The van der Waals surface area contributed by atoms with Crippen molar-refractivity contribution in [1.82, 2.24) is 4.98 Å². The van der Waals surface area contributed by atoms with Crippen LogP contribution in [0, 0.1) is 18.3 Å². The molecule has 0 bridgehead atoms. The Labute approximate surface area is 189 Å². The zero-order valence-electron chi connectivity index (χ0n) is 17.3. The van der Waals surface area contributed by atoms with Gasteiger partial charge in [-0.15, -0.1) is 8.78 Å². The quantitative estimate of drug-likeness (QED) is 0.303. The van der Waals surface area contributed by atoms with E-state index in [-0.39, 0.29) is 11.4 Å². The average molecular weight is 474 g/mol. The Morgan fingerprint density at radius 3 is 2.65 bits per heavy atom. The highest BCUT2D eigenvalue weighted by molar-refractivity contribution is 5.79. The lowest BCUT2D eigenvalue weighted by Crippen LogP contribution is -2.41. The second kappa shape index (κ2) is 8.53. The number of rotatable bonds is 6. The van der Waals surface area contributed by atoms with Gasteiger partial charge in [-0.25, -0.2) is 14.7 Å². The van der Waals surface area contributed by atoms with E-state index in [0.717, 1.165) is 23.2 Å². The first-order valence-electron chi connectivity index (χ1n) is 9.55. The Hall–Kier alpha value is -4.37. The summed E-state index contributed by atoms with van der Waals surface area (Å²) in [6.45, 7) is 1.73. The van der Waals surface area contributed by atoms with Gasteiger partial charge in [0.25, 0.3) is 0 Å². The third-order valence-electron chi connectivity index (χ3n) is 4.63. The monoisotopic (exact) mass is 474 g/mol. The highest BCUT2D eigenvalue weighted by Gasteiger charge is 2.54. The van der Waals surface area contributed by atoms with E-state index in [2.05, 4.69) is 19.9 Å². The van der Waals surface area contributed by atoms with E-state index in [9.17, 15) is 22.4 Å². The van der Waals surface area contributed by atoms with Gasteiger partial charge in [0, 0.05) is 12.3 Å². The number of halogens is 4. The van der Waals surface area contributed by atoms with Crippen LogP contribution in [0.15, 0.2) is 54.7 Å². The van der Waals surface area contributed by atoms with Crippen LogP contribution in [0.4, 0.5) is 28.9 Å². The molecule has 0 saturated heterocycles. The van der Waals surface area contributed by atoms with Crippen LogP contribution >= 0.6 is 0 Å². The van der Waals surface area contributed by atoms with Crippen LogP contribution in [0.5, 0.6) is 17.2 Å². The maximum Gasteiger partial charge on any atom is 0.540 e. The summed E-state index contributed by atoms with van der Waals surface area (Å²) in [6.07, 6.45) is -7.08. The molecule has 1 aliphatic heterocycles. The minimum atomic E-state index is -4.49. The number of pyridine rings is 1. The van der Waals surface area contributed by atoms with E-state index in [1.807, 2.05) is 6.07 Å². The molecule has 0 spiro atoms. The number of carbonyl (C=O) groups excluding carboxylic acids is 1. The summed E-state index contributed by atoms with van der Waals surface area (Å²) in [5.74, 6) is 0.0840. The van der Waals surface area contributed by atoms with Crippen molar-refractivity contribution in [2.75, 3.05) is 10.4 Å². The lowest BCUT2D eigenvalue weighted by atomic mass is 10.1. The number of benzene rings is 2. The van der Waals surface area contributed by atoms with Crippen molar-refractivity contribution in [1.29, 1.82) is 5.26 Å². The molecule has 0 radical (unpaired) electrons. The highest BCUT2D eigenvalue weighted by atomic mass is 19.3. The molecule has 0 atom stereocenters. The molecule has 0 unspecified atom stereocenters. The number of ether oxygens (including phenoxy) is 3. The average Bonchev–Trinajstić information content (AvgIpc) is 2.78. The molecule has 174 valence electrons. The van der Waals surface area contributed by atoms with Crippen molar-refractivity contribution in [2.24, 2.45) is 0 Å². The van der Waals surface area contributed by atoms with Crippen molar-refractivity contribution in [3.63, 3.8) is 0 Å². The van der Waals surface area contributed by atoms with Gasteiger partial charge in [0.05, 0.1) is 16.9 Å². The molecule has 1 aliphatic rings. The van der Waals surface area contributed by atoms with Gasteiger partial charge in [-0.1, -0.05) is 0 Å². The van der Waals surface area contributed by atoms with E-state index in [4.69, 9.17) is 10.00 Å². The van der Waals surface area contributed by atoms with Gasteiger partial charge in [-0.05, 0) is 55.0 Å². The summed E-state index contributed by atoms with van der Waals surface area (Å²) in [4.78, 5) is 15.5. The summed E-state index contributed by atoms with van der Waals surface area (Å²) >= 11 is 0. The van der Waals surface area contributed by atoms with Crippen molar-refractivity contribution < 1.29 is 36.6 Å². The molecule has 0 aliphatic carbocycles. The van der Waals surface area contributed by atoms with Gasteiger partial charge in [0.15, 0.2) is 0 Å². The Morgan fingerprint density at radius 1 is 1.15 bits per heavy atom. The molecule has 2 heterocycles. The van der Waals surface area contributed by atoms with Crippen molar-refractivity contribution in [2.45, 2.75) is 19.3 Å². The topological polar surface area (TPSA) is 96.7 Å². The molecular weight excluding hydrogens is 460 g/mol. The molecule has 12 heteroatoms. The number of nitrogens with zero attached hydrogens (tertiary/aromatic N) is 3. The van der Waals surface area contributed by atoms with Gasteiger partial charge >= 0.3 is 12.4 Å². The number of fused-ring (bicyclic) bond motifs is 1. The molecule has 8 nitrogen and oxygen atoms in total. The van der Waals surface area contributed by atoms with Crippen molar-refractivity contribution in [3.05, 3.63) is 71.5 Å². The van der Waals surface area contributed by atoms with Crippen LogP contribution in [0.2, 0.25) is 0 Å². The van der Waals surface area contributed by atoms with E-state index < -0.39 is 23.7 Å². The normalized spacial score (nSPS) is 15.3. The number of aromatic nitrogens is 1. The lowest BCUT2D eigenvalue weighted by molar-refractivity contribution is -0.461. The molecule has 4 rings (SSSR count). The fraction of sp³-hybridized carbons (Fsp3) is 0.136. The Kier molecular flexibility index (Phi) is 5.72. The Morgan fingerprint density at radius 2 is 1.94 bits per heavy atom. The van der Waals surface area contributed by atoms with Gasteiger partial charge < -0.3 is 9.47 Å². The maximum atomic E-state index is 14.0. The van der Waals surface area contributed by atoms with Crippen LogP contribution in [0.25, 0.3) is 0 Å². The number of alkyl halides is 4. The van der Waals surface area contributed by atoms with Crippen LogP contribution in [0.3, 0.4) is 0 Å². The molecule has 1 N–H and O–H groups in total. The molecule has 2 aromatic carbocycles. The minimum absolute atomic E-state index is 0.0790. The number of nitriles is 1. The number of anilines is 2. The third kappa shape index (κ3) is 4.69. The molecule has 3 aromatic rings. The van der Waals surface area contributed by atoms with Gasteiger partial charge in [0.1, 0.15) is 29.0 Å².